The topological polar surface area (TPSA) is 69.6 Å². The molecule has 0 heterocycles. The summed E-state index contributed by atoms with van der Waals surface area (Å²) < 4.78 is 0.590. The first-order valence-electron chi connectivity index (χ1n) is 3.98. The van der Waals surface area contributed by atoms with Gasteiger partial charge in [0.2, 0.25) is 0 Å². The molecule has 0 aromatic rings. The molecule has 2 amide bonds. The number of hydrogen-bond acceptors (Lipinski definition) is 2. The van der Waals surface area contributed by atoms with Crippen LogP contribution in [0.25, 0.3) is 0 Å². The van der Waals surface area contributed by atoms with E-state index in [2.05, 4.69) is 33.7 Å². The van der Waals surface area contributed by atoms with E-state index in [1.165, 1.54) is 0 Å². The summed E-state index contributed by atoms with van der Waals surface area (Å²) in [6.07, 6.45) is 5.01. The Hall–Kier alpha value is -1.48. The van der Waals surface area contributed by atoms with Crippen molar-refractivity contribution in [2.45, 2.75) is 0 Å². The summed E-state index contributed by atoms with van der Waals surface area (Å²) in [5.41, 5.74) is 0. The highest BCUT2D eigenvalue weighted by Gasteiger charge is 2.14. The maximum absolute atomic E-state index is 11.4. The molecule has 0 rings (SSSR count). The lowest BCUT2D eigenvalue weighted by Crippen LogP contribution is -2.43. The summed E-state index contributed by atoms with van der Waals surface area (Å²) in [4.78, 5) is 22.8. The van der Waals surface area contributed by atoms with Crippen molar-refractivity contribution in [3.8, 4) is 12.3 Å². The van der Waals surface area contributed by atoms with Crippen LogP contribution in [0.5, 0.6) is 0 Å². The molecule has 15 heavy (non-hydrogen) atoms. The van der Waals surface area contributed by atoms with Crippen molar-refractivity contribution < 1.29 is 14.7 Å². The summed E-state index contributed by atoms with van der Waals surface area (Å²) >= 11 is 3.06. The zero-order valence-electron chi connectivity index (χ0n) is 7.99. The second-order valence-corrected chi connectivity index (χ2v) is 3.75. The maximum Gasteiger partial charge on any atom is 0.323 e. The number of halogens is 1. The van der Waals surface area contributed by atoms with Crippen molar-refractivity contribution in [1.29, 1.82) is 0 Å². The number of nitrogens with zero attached hydrogens (tertiary/aromatic N) is 1. The van der Waals surface area contributed by atoms with Crippen molar-refractivity contribution in [3.05, 3.63) is 11.1 Å². The van der Waals surface area contributed by atoms with E-state index >= 15 is 0 Å². The van der Waals surface area contributed by atoms with E-state index < -0.39 is 18.5 Å². The molecule has 0 saturated carbocycles. The largest absolute Gasteiger partial charge is 0.480 e. The van der Waals surface area contributed by atoms with E-state index in [4.69, 9.17) is 11.5 Å². The van der Waals surface area contributed by atoms with Crippen LogP contribution in [0.15, 0.2) is 11.1 Å². The van der Waals surface area contributed by atoms with Gasteiger partial charge in [-0.15, -0.1) is 6.42 Å². The Morgan fingerprint density at radius 1 is 1.60 bits per heavy atom. The van der Waals surface area contributed by atoms with Crippen LogP contribution in [0.1, 0.15) is 0 Å². The van der Waals surface area contributed by atoms with Gasteiger partial charge in [0.15, 0.2) is 0 Å². The van der Waals surface area contributed by atoms with E-state index in [0.29, 0.717) is 4.48 Å². The van der Waals surface area contributed by atoms with Crippen LogP contribution < -0.4 is 5.32 Å². The molecule has 0 bridgehead atoms. The molecular weight excluding hydrogens is 264 g/mol. The number of carboxylic acids is 1. The zero-order valence-corrected chi connectivity index (χ0v) is 9.58. The average Bonchev–Trinajstić information content (AvgIpc) is 2.12. The van der Waals surface area contributed by atoms with E-state index in [0.717, 1.165) is 4.90 Å². The van der Waals surface area contributed by atoms with Gasteiger partial charge in [0.25, 0.3) is 0 Å². The fourth-order valence-electron chi connectivity index (χ4n) is 0.756. The van der Waals surface area contributed by atoms with E-state index in [1.807, 2.05) is 0 Å². The van der Waals surface area contributed by atoms with Gasteiger partial charge in [-0.1, -0.05) is 28.4 Å². The van der Waals surface area contributed by atoms with E-state index in [1.54, 1.807) is 0 Å². The van der Waals surface area contributed by atoms with Gasteiger partial charge in [-0.05, 0) is 0 Å². The third kappa shape index (κ3) is 6.57. The number of aliphatic carboxylic acids is 1. The van der Waals surface area contributed by atoms with Crippen LogP contribution in [0, 0.1) is 12.3 Å². The predicted molar refractivity (Wildman–Crippen MR) is 59.5 cm³/mol. The molecule has 0 saturated heterocycles. The first-order chi connectivity index (χ1) is 6.97. The van der Waals surface area contributed by atoms with Crippen LogP contribution in [0.4, 0.5) is 4.79 Å². The van der Waals surface area contributed by atoms with Gasteiger partial charge in [0, 0.05) is 4.48 Å². The highest BCUT2D eigenvalue weighted by Crippen LogP contribution is 1.98. The summed E-state index contributed by atoms with van der Waals surface area (Å²) in [5.74, 6) is 1.10. The first-order valence-corrected chi connectivity index (χ1v) is 4.78. The van der Waals surface area contributed by atoms with Crippen molar-refractivity contribution in [2.24, 2.45) is 0 Å². The number of carboxylic acid groups (broad SMARTS) is 1. The molecule has 0 aromatic carbocycles. The van der Waals surface area contributed by atoms with Gasteiger partial charge >= 0.3 is 12.0 Å². The number of hydrogen-bond donors (Lipinski definition) is 2. The molecule has 6 heteroatoms. The second-order valence-electron chi connectivity index (χ2n) is 2.63. The van der Waals surface area contributed by atoms with Crippen LogP contribution >= 0.6 is 15.9 Å². The van der Waals surface area contributed by atoms with Crippen molar-refractivity contribution in [1.82, 2.24) is 10.2 Å². The number of carbonyl (C=O) groups excluding carboxylic acids is 1. The summed E-state index contributed by atoms with van der Waals surface area (Å²) in [5, 5.41) is 11.0. The zero-order chi connectivity index (χ0) is 11.8. The summed E-state index contributed by atoms with van der Waals surface area (Å²) in [6, 6.07) is -0.532. The standard InChI is InChI=1S/C9H11BrN2O3/c1-3-4-12(6-8(13)14)9(15)11-5-7(2)10/h1H,2,4-6H2,(H,11,15)(H,13,14). The predicted octanol–water partition coefficient (Wildman–Crippen LogP) is 0.624. The van der Waals surface area contributed by atoms with Crippen molar-refractivity contribution >= 4 is 27.9 Å². The number of rotatable bonds is 5. The van der Waals surface area contributed by atoms with Gasteiger partial charge < -0.3 is 15.3 Å². The Bertz CT molecular complexity index is 309. The Morgan fingerprint density at radius 2 is 2.20 bits per heavy atom. The van der Waals surface area contributed by atoms with E-state index in [9.17, 15) is 9.59 Å². The molecule has 0 aromatic heterocycles. The second kappa shape index (κ2) is 6.90. The molecule has 0 fully saturated rings. The minimum Gasteiger partial charge on any atom is -0.480 e. The molecule has 2 N–H and O–H groups in total. The smallest absolute Gasteiger partial charge is 0.323 e. The Labute approximate surface area is 96.3 Å². The average molecular weight is 275 g/mol. The minimum absolute atomic E-state index is 0.0487. The third-order valence-corrected chi connectivity index (χ3v) is 1.61. The van der Waals surface area contributed by atoms with Gasteiger partial charge in [-0.2, -0.15) is 0 Å². The molecule has 0 aliphatic heterocycles. The van der Waals surface area contributed by atoms with Crippen LogP contribution in [-0.2, 0) is 4.79 Å². The number of amides is 2. The van der Waals surface area contributed by atoms with Gasteiger partial charge in [-0.3, -0.25) is 4.79 Å². The lowest BCUT2D eigenvalue weighted by molar-refractivity contribution is -0.137. The molecular formula is C9H11BrN2O3. The minimum atomic E-state index is -1.11. The maximum atomic E-state index is 11.4. The fourth-order valence-corrected chi connectivity index (χ4v) is 0.896. The molecule has 0 radical (unpaired) electrons. The van der Waals surface area contributed by atoms with Crippen molar-refractivity contribution in [2.75, 3.05) is 19.6 Å². The number of carbonyl (C=O) groups is 2. The van der Waals surface area contributed by atoms with Crippen molar-refractivity contribution in [3.63, 3.8) is 0 Å². The summed E-state index contributed by atoms with van der Waals surface area (Å²) in [7, 11) is 0. The highest BCUT2D eigenvalue weighted by atomic mass is 79.9. The fraction of sp³-hybridized carbons (Fsp3) is 0.333. The lowest BCUT2D eigenvalue weighted by Gasteiger charge is -2.18. The summed E-state index contributed by atoms with van der Waals surface area (Å²) in [6.45, 7) is 3.27. The Kier molecular flexibility index (Phi) is 6.22. The normalized spacial score (nSPS) is 8.80. The molecule has 0 aliphatic carbocycles. The number of nitrogens with one attached hydrogen (secondary N) is 1. The third-order valence-electron chi connectivity index (χ3n) is 1.33. The van der Waals surface area contributed by atoms with Gasteiger partial charge in [0.05, 0.1) is 13.1 Å². The van der Waals surface area contributed by atoms with Gasteiger partial charge in [0.1, 0.15) is 6.54 Å². The molecule has 0 atom stereocenters. The van der Waals surface area contributed by atoms with E-state index in [-0.39, 0.29) is 13.1 Å². The molecule has 82 valence electrons. The number of terminal acetylenes is 1. The quantitative estimate of drug-likeness (QED) is 0.723. The molecule has 0 spiro atoms. The number of urea groups is 1. The SMILES string of the molecule is C#CCN(CC(=O)O)C(=O)NCC(=C)Br. The molecule has 0 unspecified atom stereocenters. The van der Waals surface area contributed by atoms with Crippen LogP contribution in [-0.4, -0.2) is 41.6 Å². The monoisotopic (exact) mass is 274 g/mol. The Balaban J connectivity index is 4.23. The Morgan fingerprint density at radius 3 is 2.60 bits per heavy atom. The molecule has 5 nitrogen and oxygen atoms in total. The van der Waals surface area contributed by atoms with Gasteiger partial charge in [-0.25, -0.2) is 4.79 Å². The lowest BCUT2D eigenvalue weighted by atomic mass is 10.5. The van der Waals surface area contributed by atoms with Crippen LogP contribution in [0.2, 0.25) is 0 Å². The van der Waals surface area contributed by atoms with Crippen LogP contribution in [0.3, 0.4) is 0 Å². The molecule has 0 aliphatic rings. The highest BCUT2D eigenvalue weighted by molar-refractivity contribution is 9.11. The first kappa shape index (κ1) is 13.5.